The summed E-state index contributed by atoms with van der Waals surface area (Å²) in [7, 11) is 2.10. The smallest absolute Gasteiger partial charge is 0.0680 e. The van der Waals surface area contributed by atoms with Crippen molar-refractivity contribution in [1.29, 1.82) is 0 Å². The van der Waals surface area contributed by atoms with Crippen molar-refractivity contribution in [3.63, 3.8) is 0 Å². The van der Waals surface area contributed by atoms with Crippen molar-refractivity contribution in [2.45, 2.75) is 25.8 Å². The number of hydrogen-bond acceptors (Lipinski definition) is 1. The summed E-state index contributed by atoms with van der Waals surface area (Å²) in [6, 6.07) is 0.306. The van der Waals surface area contributed by atoms with E-state index in [4.69, 9.17) is 6.42 Å². The third kappa shape index (κ3) is 2.04. The van der Waals surface area contributed by atoms with Crippen LogP contribution in [0.1, 0.15) is 19.8 Å². The zero-order valence-corrected chi connectivity index (χ0v) is 6.80. The number of nitrogens with zero attached hydrogens (tertiary/aromatic N) is 1. The fraction of sp³-hybridized carbons (Fsp3) is 0.778. The van der Waals surface area contributed by atoms with Gasteiger partial charge >= 0.3 is 0 Å². The Bertz CT molecular complexity index is 141. The van der Waals surface area contributed by atoms with Gasteiger partial charge in [-0.05, 0) is 32.7 Å². The molecule has 1 atom stereocenters. The van der Waals surface area contributed by atoms with Crippen LogP contribution in [0.15, 0.2) is 0 Å². The number of rotatable bonds is 3. The van der Waals surface area contributed by atoms with Crippen LogP contribution >= 0.6 is 0 Å². The Labute approximate surface area is 63.4 Å². The second-order valence-corrected chi connectivity index (χ2v) is 3.23. The molecule has 0 aromatic carbocycles. The van der Waals surface area contributed by atoms with Gasteiger partial charge in [-0.25, -0.2) is 0 Å². The zero-order valence-electron chi connectivity index (χ0n) is 6.80. The first-order valence-electron chi connectivity index (χ1n) is 3.90. The van der Waals surface area contributed by atoms with Gasteiger partial charge < -0.3 is 0 Å². The molecule has 1 saturated carbocycles. The highest BCUT2D eigenvalue weighted by atomic mass is 15.1. The van der Waals surface area contributed by atoms with Crippen LogP contribution in [-0.4, -0.2) is 24.5 Å². The fourth-order valence-corrected chi connectivity index (χ4v) is 0.993. The normalized spacial score (nSPS) is 20.6. The molecular weight excluding hydrogens is 122 g/mol. The Kier molecular flexibility index (Phi) is 2.34. The standard InChI is InChI=1S/C9H15N/c1-4-8(2)10(3)7-9-5-6-9/h1,8-9H,5-7H2,2-3H3. The second-order valence-electron chi connectivity index (χ2n) is 3.23. The van der Waals surface area contributed by atoms with E-state index in [1.807, 2.05) is 0 Å². The highest BCUT2D eigenvalue weighted by molar-refractivity contribution is 4.97. The molecule has 1 fully saturated rings. The monoisotopic (exact) mass is 137 g/mol. The largest absolute Gasteiger partial charge is 0.293 e. The summed E-state index contributed by atoms with van der Waals surface area (Å²) in [5.41, 5.74) is 0. The fourth-order valence-electron chi connectivity index (χ4n) is 0.993. The molecule has 1 aliphatic carbocycles. The van der Waals surface area contributed by atoms with E-state index >= 15 is 0 Å². The molecule has 1 nitrogen and oxygen atoms in total. The molecule has 0 spiro atoms. The molecule has 1 rings (SSSR count). The molecule has 1 unspecified atom stereocenters. The van der Waals surface area contributed by atoms with Crippen LogP contribution in [-0.2, 0) is 0 Å². The van der Waals surface area contributed by atoms with E-state index in [1.165, 1.54) is 19.4 Å². The van der Waals surface area contributed by atoms with Crippen LogP contribution in [0.2, 0.25) is 0 Å². The average molecular weight is 137 g/mol. The predicted octanol–water partition coefficient (Wildman–Crippen LogP) is 1.35. The van der Waals surface area contributed by atoms with Gasteiger partial charge in [-0.2, -0.15) is 0 Å². The van der Waals surface area contributed by atoms with Crippen molar-refractivity contribution >= 4 is 0 Å². The highest BCUT2D eigenvalue weighted by Crippen LogP contribution is 2.29. The van der Waals surface area contributed by atoms with E-state index in [0.717, 1.165) is 5.92 Å². The Hall–Kier alpha value is -0.480. The molecule has 0 radical (unpaired) electrons. The van der Waals surface area contributed by atoms with Gasteiger partial charge in [0.25, 0.3) is 0 Å². The lowest BCUT2D eigenvalue weighted by Crippen LogP contribution is -2.29. The average Bonchev–Trinajstić information content (AvgIpc) is 2.70. The van der Waals surface area contributed by atoms with Gasteiger partial charge in [0.15, 0.2) is 0 Å². The van der Waals surface area contributed by atoms with Crippen molar-refractivity contribution in [2.75, 3.05) is 13.6 Å². The lowest BCUT2D eigenvalue weighted by atomic mass is 10.3. The van der Waals surface area contributed by atoms with E-state index < -0.39 is 0 Å². The zero-order chi connectivity index (χ0) is 7.56. The summed E-state index contributed by atoms with van der Waals surface area (Å²) in [5, 5.41) is 0. The SMILES string of the molecule is C#CC(C)N(C)CC1CC1. The van der Waals surface area contributed by atoms with Crippen molar-refractivity contribution in [3.8, 4) is 12.3 Å². The minimum Gasteiger partial charge on any atom is -0.293 e. The molecular formula is C9H15N. The molecule has 0 N–H and O–H groups in total. The molecule has 0 bridgehead atoms. The molecule has 56 valence electrons. The molecule has 1 heteroatoms. The Morgan fingerprint density at radius 3 is 2.70 bits per heavy atom. The van der Waals surface area contributed by atoms with Crippen LogP contribution < -0.4 is 0 Å². The van der Waals surface area contributed by atoms with Crippen molar-refractivity contribution in [1.82, 2.24) is 4.90 Å². The first kappa shape index (κ1) is 7.63. The van der Waals surface area contributed by atoms with Crippen LogP contribution in [0.3, 0.4) is 0 Å². The van der Waals surface area contributed by atoms with Crippen LogP contribution in [0, 0.1) is 18.3 Å². The summed E-state index contributed by atoms with van der Waals surface area (Å²) < 4.78 is 0. The molecule has 0 aliphatic heterocycles. The van der Waals surface area contributed by atoms with E-state index in [1.54, 1.807) is 0 Å². The Balaban J connectivity index is 2.19. The maximum absolute atomic E-state index is 5.28. The van der Waals surface area contributed by atoms with E-state index in [9.17, 15) is 0 Å². The topological polar surface area (TPSA) is 3.24 Å². The summed E-state index contributed by atoms with van der Waals surface area (Å²) in [6.45, 7) is 3.26. The molecule has 0 aromatic rings. The quantitative estimate of drug-likeness (QED) is 0.531. The minimum absolute atomic E-state index is 0.306. The third-order valence-corrected chi connectivity index (χ3v) is 2.15. The molecule has 0 heterocycles. The molecule has 1 aliphatic rings. The lowest BCUT2D eigenvalue weighted by Gasteiger charge is -2.19. The van der Waals surface area contributed by atoms with Gasteiger partial charge in [0.1, 0.15) is 0 Å². The van der Waals surface area contributed by atoms with Gasteiger partial charge in [-0.3, -0.25) is 4.90 Å². The van der Waals surface area contributed by atoms with Crippen LogP contribution in [0.25, 0.3) is 0 Å². The maximum atomic E-state index is 5.28. The molecule has 0 aromatic heterocycles. The lowest BCUT2D eigenvalue weighted by molar-refractivity contribution is 0.292. The van der Waals surface area contributed by atoms with Crippen molar-refractivity contribution in [3.05, 3.63) is 0 Å². The third-order valence-electron chi connectivity index (χ3n) is 2.15. The summed E-state index contributed by atoms with van der Waals surface area (Å²) in [4.78, 5) is 2.25. The van der Waals surface area contributed by atoms with Crippen molar-refractivity contribution < 1.29 is 0 Å². The second kappa shape index (κ2) is 3.07. The van der Waals surface area contributed by atoms with Gasteiger partial charge in [0, 0.05) is 6.54 Å². The summed E-state index contributed by atoms with van der Waals surface area (Å²) >= 11 is 0. The maximum Gasteiger partial charge on any atom is 0.0680 e. The Morgan fingerprint density at radius 2 is 2.30 bits per heavy atom. The molecule has 0 amide bonds. The Morgan fingerprint density at radius 1 is 1.70 bits per heavy atom. The van der Waals surface area contributed by atoms with Crippen LogP contribution in [0.5, 0.6) is 0 Å². The highest BCUT2D eigenvalue weighted by Gasteiger charge is 2.23. The van der Waals surface area contributed by atoms with E-state index in [2.05, 4.69) is 24.8 Å². The van der Waals surface area contributed by atoms with Crippen molar-refractivity contribution in [2.24, 2.45) is 5.92 Å². The number of terminal acetylenes is 1. The first-order chi connectivity index (χ1) is 4.74. The first-order valence-corrected chi connectivity index (χ1v) is 3.90. The van der Waals surface area contributed by atoms with E-state index in [0.29, 0.717) is 6.04 Å². The van der Waals surface area contributed by atoms with Gasteiger partial charge in [-0.15, -0.1) is 6.42 Å². The molecule has 0 saturated heterocycles. The van der Waals surface area contributed by atoms with Gasteiger partial charge in [0.05, 0.1) is 6.04 Å². The minimum atomic E-state index is 0.306. The van der Waals surface area contributed by atoms with Gasteiger partial charge in [0.2, 0.25) is 0 Å². The summed E-state index contributed by atoms with van der Waals surface area (Å²) in [5.74, 6) is 3.67. The predicted molar refractivity (Wildman–Crippen MR) is 43.6 cm³/mol. The summed E-state index contributed by atoms with van der Waals surface area (Å²) in [6.07, 6.45) is 8.09. The number of hydrogen-bond donors (Lipinski definition) is 0. The van der Waals surface area contributed by atoms with E-state index in [-0.39, 0.29) is 0 Å². The van der Waals surface area contributed by atoms with Gasteiger partial charge in [-0.1, -0.05) is 5.92 Å². The molecule has 10 heavy (non-hydrogen) atoms. The van der Waals surface area contributed by atoms with Crippen LogP contribution in [0.4, 0.5) is 0 Å².